The Kier molecular flexibility index (Phi) is 9.95. The van der Waals surface area contributed by atoms with Gasteiger partial charge in [0.2, 0.25) is 0 Å². The molecule has 0 saturated carbocycles. The van der Waals surface area contributed by atoms with Crippen LogP contribution in [-0.4, -0.2) is 43.0 Å². The van der Waals surface area contributed by atoms with Crippen molar-refractivity contribution in [2.75, 3.05) is 20.2 Å². The Morgan fingerprint density at radius 2 is 1.91 bits per heavy atom. The molecule has 2 atom stereocenters. The largest absolute Gasteiger partial charge is 0.389 e. The van der Waals surface area contributed by atoms with Crippen molar-refractivity contribution >= 4 is 11.7 Å². The van der Waals surface area contributed by atoms with Crippen LogP contribution in [0, 0.1) is 12.8 Å². The predicted molar refractivity (Wildman–Crippen MR) is 123 cm³/mol. The van der Waals surface area contributed by atoms with Gasteiger partial charge in [-0.3, -0.25) is 9.59 Å². The first kappa shape index (κ1) is 27.4. The van der Waals surface area contributed by atoms with E-state index in [4.69, 9.17) is 4.74 Å². The highest BCUT2D eigenvalue weighted by atomic mass is 19.4. The number of rotatable bonds is 11. The molecule has 2 rings (SSSR count). The van der Waals surface area contributed by atoms with E-state index in [9.17, 15) is 22.8 Å². The number of halogens is 3. The van der Waals surface area contributed by atoms with E-state index >= 15 is 0 Å². The number of unbranched alkanes of at least 4 members (excludes halogenated alkanes) is 2. The average Bonchev–Trinajstić information content (AvgIpc) is 2.78. The zero-order valence-electron chi connectivity index (χ0n) is 20.4. The predicted octanol–water partition coefficient (Wildman–Crippen LogP) is 6.59. The molecule has 4 nitrogen and oxygen atoms in total. The highest BCUT2D eigenvalue weighted by Crippen LogP contribution is 2.41. The molecule has 0 radical (unpaired) electrons. The van der Waals surface area contributed by atoms with Crippen molar-refractivity contribution in [3.63, 3.8) is 0 Å². The van der Waals surface area contributed by atoms with Gasteiger partial charge in [0.15, 0.2) is 11.4 Å². The van der Waals surface area contributed by atoms with Crippen LogP contribution in [0.2, 0.25) is 0 Å². The molecular formula is C26H38F3NO3. The van der Waals surface area contributed by atoms with Crippen molar-refractivity contribution in [3.8, 4) is 0 Å². The minimum atomic E-state index is -4.31. The Hall–Kier alpha value is -1.89. The van der Waals surface area contributed by atoms with Gasteiger partial charge in [-0.25, -0.2) is 0 Å². The van der Waals surface area contributed by atoms with Gasteiger partial charge in [-0.05, 0) is 61.8 Å². The topological polar surface area (TPSA) is 46.6 Å². The smallest absolute Gasteiger partial charge is 0.362 e. The van der Waals surface area contributed by atoms with Crippen LogP contribution in [0.5, 0.6) is 0 Å². The third kappa shape index (κ3) is 7.29. The zero-order chi connectivity index (χ0) is 24.6. The number of nitrogens with zero attached hydrogens (tertiary/aromatic N) is 1. The highest BCUT2D eigenvalue weighted by Gasteiger charge is 2.45. The fourth-order valence-corrected chi connectivity index (χ4v) is 4.60. The van der Waals surface area contributed by atoms with E-state index in [-0.39, 0.29) is 24.5 Å². The number of hydrogen-bond acceptors (Lipinski definition) is 3. The Bertz CT molecular complexity index is 800. The molecule has 2 unspecified atom stereocenters. The van der Waals surface area contributed by atoms with E-state index in [1.165, 1.54) is 0 Å². The summed E-state index contributed by atoms with van der Waals surface area (Å²) in [6, 6.07) is 5.28. The Morgan fingerprint density at radius 1 is 1.18 bits per heavy atom. The van der Waals surface area contributed by atoms with Crippen molar-refractivity contribution < 1.29 is 27.5 Å². The van der Waals surface area contributed by atoms with Crippen LogP contribution in [-0.2, 0) is 15.1 Å². The maximum Gasteiger partial charge on any atom is 0.389 e. The Balaban J connectivity index is 2.36. The number of carbonyl (C=O) groups excluding carboxylic acids is 2. The molecule has 1 amide bonds. The van der Waals surface area contributed by atoms with Crippen molar-refractivity contribution in [3.05, 3.63) is 34.9 Å². The molecule has 1 heterocycles. The fraction of sp³-hybridized carbons (Fsp3) is 0.692. The summed E-state index contributed by atoms with van der Waals surface area (Å²) in [5, 5.41) is 0. The monoisotopic (exact) mass is 469 g/mol. The minimum Gasteiger partial charge on any atom is -0.362 e. The van der Waals surface area contributed by atoms with Crippen LogP contribution in [0.25, 0.3) is 0 Å². The lowest BCUT2D eigenvalue weighted by molar-refractivity contribution is -0.160. The van der Waals surface area contributed by atoms with Gasteiger partial charge in [-0.1, -0.05) is 39.2 Å². The first-order chi connectivity index (χ1) is 15.5. The van der Waals surface area contributed by atoms with Crippen LogP contribution in [0.4, 0.5) is 13.2 Å². The van der Waals surface area contributed by atoms with Crippen molar-refractivity contribution in [1.82, 2.24) is 4.90 Å². The maximum atomic E-state index is 13.5. The number of ketones is 1. The third-order valence-corrected chi connectivity index (χ3v) is 6.66. The molecule has 0 aromatic heterocycles. The van der Waals surface area contributed by atoms with Crippen LogP contribution in [0.15, 0.2) is 18.2 Å². The lowest BCUT2D eigenvalue weighted by atomic mass is 9.77. The van der Waals surface area contributed by atoms with Crippen LogP contribution >= 0.6 is 0 Å². The maximum absolute atomic E-state index is 13.5. The third-order valence-electron chi connectivity index (χ3n) is 6.66. The van der Waals surface area contributed by atoms with Gasteiger partial charge >= 0.3 is 6.18 Å². The summed E-state index contributed by atoms with van der Waals surface area (Å²) in [7, 11) is 1.76. The molecule has 1 fully saturated rings. The fourth-order valence-electron chi connectivity index (χ4n) is 4.60. The quantitative estimate of drug-likeness (QED) is 0.344. The molecule has 7 heteroatoms. The standard InChI is InChI=1S/C26H38F3NO3/c1-5-7-9-14-30(4)24(32)21-12-11-19(3)22(17-21)25(13-8-10-15-33-25)23(31)16-20(6-2)18-26(27,28)29/h11-12,17,20H,5-10,13-16,18H2,1-4H3. The lowest BCUT2D eigenvalue weighted by Crippen LogP contribution is -2.43. The second kappa shape index (κ2) is 12.0. The van der Waals surface area contributed by atoms with Gasteiger partial charge in [0, 0.05) is 38.6 Å². The van der Waals surface area contributed by atoms with Crippen LogP contribution < -0.4 is 0 Å². The summed E-state index contributed by atoms with van der Waals surface area (Å²) in [4.78, 5) is 28.2. The summed E-state index contributed by atoms with van der Waals surface area (Å²) in [6.07, 6.45) is -0.239. The van der Waals surface area contributed by atoms with E-state index in [1.54, 1.807) is 31.0 Å². The molecule has 0 bridgehead atoms. The van der Waals surface area contributed by atoms with Gasteiger partial charge in [0.05, 0.1) is 0 Å². The van der Waals surface area contributed by atoms with E-state index in [1.807, 2.05) is 13.0 Å². The first-order valence-electron chi connectivity index (χ1n) is 12.1. The zero-order valence-corrected chi connectivity index (χ0v) is 20.4. The highest BCUT2D eigenvalue weighted by molar-refractivity contribution is 5.95. The molecular weight excluding hydrogens is 431 g/mol. The lowest BCUT2D eigenvalue weighted by Gasteiger charge is -2.38. The summed E-state index contributed by atoms with van der Waals surface area (Å²) in [5.41, 5.74) is 0.595. The molecule has 1 aromatic rings. The molecule has 0 spiro atoms. The van der Waals surface area contributed by atoms with E-state index in [0.717, 1.165) is 37.7 Å². The Morgan fingerprint density at radius 3 is 2.48 bits per heavy atom. The van der Waals surface area contributed by atoms with E-state index < -0.39 is 24.1 Å². The van der Waals surface area contributed by atoms with Gasteiger partial charge in [0.1, 0.15) is 0 Å². The number of carbonyl (C=O) groups is 2. The molecule has 1 aliphatic rings. The van der Waals surface area contributed by atoms with Gasteiger partial charge < -0.3 is 9.64 Å². The van der Waals surface area contributed by atoms with Crippen molar-refractivity contribution in [2.24, 2.45) is 5.92 Å². The number of aryl methyl sites for hydroxylation is 1. The number of Topliss-reactive ketones (excluding diaryl/α,β-unsaturated/α-hetero) is 1. The normalized spacial score (nSPS) is 19.8. The van der Waals surface area contributed by atoms with Crippen molar-refractivity contribution in [1.29, 1.82) is 0 Å². The molecule has 186 valence electrons. The van der Waals surface area contributed by atoms with Crippen LogP contribution in [0.1, 0.15) is 93.1 Å². The summed E-state index contributed by atoms with van der Waals surface area (Å²) in [6.45, 7) is 6.65. The van der Waals surface area contributed by atoms with Gasteiger partial charge in [-0.2, -0.15) is 13.2 Å². The second-order valence-corrected chi connectivity index (χ2v) is 9.32. The summed E-state index contributed by atoms with van der Waals surface area (Å²) in [5.74, 6) is -1.23. The summed E-state index contributed by atoms with van der Waals surface area (Å²) < 4.78 is 45.1. The molecule has 1 aliphatic heterocycles. The van der Waals surface area contributed by atoms with E-state index in [2.05, 4.69) is 6.92 Å². The number of ether oxygens (including phenoxy) is 1. The molecule has 33 heavy (non-hydrogen) atoms. The molecule has 1 aromatic carbocycles. The first-order valence-corrected chi connectivity index (χ1v) is 12.1. The van der Waals surface area contributed by atoms with Gasteiger partial charge in [0.25, 0.3) is 5.91 Å². The Labute approximate surface area is 195 Å². The van der Waals surface area contributed by atoms with Crippen LogP contribution in [0.3, 0.4) is 0 Å². The summed E-state index contributed by atoms with van der Waals surface area (Å²) >= 11 is 0. The minimum absolute atomic E-state index is 0.130. The van der Waals surface area contributed by atoms with E-state index in [0.29, 0.717) is 30.7 Å². The molecule has 1 saturated heterocycles. The molecule has 0 N–H and O–H groups in total. The second-order valence-electron chi connectivity index (χ2n) is 9.32. The van der Waals surface area contributed by atoms with Crippen molar-refractivity contribution in [2.45, 2.75) is 90.3 Å². The molecule has 0 aliphatic carbocycles. The number of benzene rings is 1. The number of hydrogen-bond donors (Lipinski definition) is 0. The number of alkyl halides is 3. The number of amides is 1. The average molecular weight is 470 g/mol. The SMILES string of the molecule is CCCCCN(C)C(=O)c1ccc(C)c(C2(C(=O)CC(CC)CC(F)(F)F)CCCCO2)c1. The van der Waals surface area contributed by atoms with Gasteiger partial charge in [-0.15, -0.1) is 0 Å².